The predicted molar refractivity (Wildman–Crippen MR) is 76.2 cm³/mol. The molecule has 0 unspecified atom stereocenters. The van der Waals surface area contributed by atoms with Crippen molar-refractivity contribution in [1.29, 1.82) is 0 Å². The SMILES string of the molecule is OCC#Cc1ccccc1COc1cccc(Cl)c1. The Balaban J connectivity index is 2.11. The van der Waals surface area contributed by atoms with Gasteiger partial charge in [-0.05, 0) is 24.3 Å². The Morgan fingerprint density at radius 3 is 2.74 bits per heavy atom. The van der Waals surface area contributed by atoms with E-state index in [4.69, 9.17) is 21.4 Å². The van der Waals surface area contributed by atoms with E-state index in [2.05, 4.69) is 11.8 Å². The Bertz CT molecular complexity index is 611. The van der Waals surface area contributed by atoms with Crippen molar-refractivity contribution in [2.75, 3.05) is 6.61 Å². The Hall–Kier alpha value is -1.95. The van der Waals surface area contributed by atoms with Gasteiger partial charge in [-0.15, -0.1) is 0 Å². The second-order valence-electron chi connectivity index (χ2n) is 3.86. The van der Waals surface area contributed by atoms with E-state index in [9.17, 15) is 0 Å². The summed E-state index contributed by atoms with van der Waals surface area (Å²) < 4.78 is 5.68. The highest BCUT2D eigenvalue weighted by Crippen LogP contribution is 2.19. The average molecular weight is 273 g/mol. The zero-order chi connectivity index (χ0) is 13.5. The van der Waals surface area contributed by atoms with Crippen LogP contribution in [0, 0.1) is 11.8 Å². The van der Waals surface area contributed by atoms with Crippen LogP contribution in [0.4, 0.5) is 0 Å². The molecule has 0 saturated heterocycles. The molecule has 0 heterocycles. The molecule has 0 fully saturated rings. The third kappa shape index (κ3) is 4.03. The van der Waals surface area contributed by atoms with Crippen LogP contribution in [0.3, 0.4) is 0 Å². The van der Waals surface area contributed by atoms with Gasteiger partial charge in [-0.1, -0.05) is 47.7 Å². The number of benzene rings is 2. The van der Waals surface area contributed by atoms with Crippen LogP contribution in [0.5, 0.6) is 5.75 Å². The standard InChI is InChI=1S/C16H13ClO2/c17-15-8-3-9-16(11-15)19-12-14-6-2-1-5-13(14)7-4-10-18/h1-3,5-6,8-9,11,18H,10,12H2. The van der Waals surface area contributed by atoms with Crippen molar-refractivity contribution in [3.05, 3.63) is 64.7 Å². The molecule has 96 valence electrons. The van der Waals surface area contributed by atoms with Crippen LogP contribution in [0.1, 0.15) is 11.1 Å². The predicted octanol–water partition coefficient (Wildman–Crippen LogP) is 3.26. The summed E-state index contributed by atoms with van der Waals surface area (Å²) in [5.74, 6) is 6.27. The smallest absolute Gasteiger partial charge is 0.121 e. The minimum absolute atomic E-state index is 0.149. The number of aliphatic hydroxyl groups is 1. The molecule has 0 saturated carbocycles. The third-order valence-corrected chi connectivity index (χ3v) is 2.74. The maximum absolute atomic E-state index is 8.74. The number of halogens is 1. The lowest BCUT2D eigenvalue weighted by Gasteiger charge is -2.08. The maximum atomic E-state index is 8.74. The lowest BCUT2D eigenvalue weighted by Crippen LogP contribution is -1.98. The van der Waals surface area contributed by atoms with E-state index in [1.807, 2.05) is 36.4 Å². The molecule has 2 nitrogen and oxygen atoms in total. The summed E-state index contributed by atoms with van der Waals surface area (Å²) in [5.41, 5.74) is 1.84. The number of ether oxygens (including phenoxy) is 1. The van der Waals surface area contributed by atoms with Crippen molar-refractivity contribution < 1.29 is 9.84 Å². The number of hydrogen-bond donors (Lipinski definition) is 1. The summed E-state index contributed by atoms with van der Waals surface area (Å²) in [6, 6.07) is 15.0. The van der Waals surface area contributed by atoms with E-state index in [1.54, 1.807) is 12.1 Å². The Kier molecular flexibility index (Phi) is 4.85. The number of hydrogen-bond acceptors (Lipinski definition) is 2. The summed E-state index contributed by atoms with van der Waals surface area (Å²) in [7, 11) is 0. The van der Waals surface area contributed by atoms with E-state index < -0.39 is 0 Å². The van der Waals surface area contributed by atoms with Crippen LogP contribution in [-0.2, 0) is 6.61 Å². The quantitative estimate of drug-likeness (QED) is 0.869. The highest BCUT2D eigenvalue weighted by molar-refractivity contribution is 6.30. The van der Waals surface area contributed by atoms with Crippen molar-refractivity contribution in [3.8, 4) is 17.6 Å². The fourth-order valence-corrected chi connectivity index (χ4v) is 1.80. The number of rotatable bonds is 3. The van der Waals surface area contributed by atoms with Crippen molar-refractivity contribution in [3.63, 3.8) is 0 Å². The van der Waals surface area contributed by atoms with Gasteiger partial charge in [0.15, 0.2) is 0 Å². The highest BCUT2D eigenvalue weighted by Gasteiger charge is 2.01. The van der Waals surface area contributed by atoms with Crippen LogP contribution in [0.15, 0.2) is 48.5 Å². The van der Waals surface area contributed by atoms with Crippen LogP contribution in [0.2, 0.25) is 5.02 Å². The summed E-state index contributed by atoms with van der Waals surface area (Å²) in [5, 5.41) is 9.38. The molecule has 2 rings (SSSR count). The van der Waals surface area contributed by atoms with Gasteiger partial charge < -0.3 is 9.84 Å². The normalized spacial score (nSPS) is 9.58. The Morgan fingerprint density at radius 2 is 1.95 bits per heavy atom. The molecule has 0 amide bonds. The van der Waals surface area contributed by atoms with Crippen LogP contribution < -0.4 is 4.74 Å². The zero-order valence-electron chi connectivity index (χ0n) is 10.3. The van der Waals surface area contributed by atoms with Crippen LogP contribution in [0.25, 0.3) is 0 Å². The molecule has 2 aromatic rings. The average Bonchev–Trinajstić information content (AvgIpc) is 2.44. The first-order valence-corrected chi connectivity index (χ1v) is 6.23. The summed E-state index contributed by atoms with van der Waals surface area (Å²) in [6.07, 6.45) is 0. The van der Waals surface area contributed by atoms with E-state index in [0.29, 0.717) is 11.6 Å². The fourth-order valence-electron chi connectivity index (χ4n) is 1.62. The summed E-state index contributed by atoms with van der Waals surface area (Å²) in [4.78, 5) is 0. The lowest BCUT2D eigenvalue weighted by atomic mass is 10.1. The first-order chi connectivity index (χ1) is 9.29. The molecule has 19 heavy (non-hydrogen) atoms. The van der Waals surface area contributed by atoms with E-state index in [1.165, 1.54) is 0 Å². The first-order valence-electron chi connectivity index (χ1n) is 5.85. The molecular weight excluding hydrogens is 260 g/mol. The van der Waals surface area contributed by atoms with Gasteiger partial charge in [-0.3, -0.25) is 0 Å². The third-order valence-electron chi connectivity index (χ3n) is 2.51. The molecule has 0 aliphatic rings. The largest absolute Gasteiger partial charge is 0.489 e. The molecule has 0 aromatic heterocycles. The molecule has 0 aliphatic heterocycles. The Morgan fingerprint density at radius 1 is 1.11 bits per heavy atom. The van der Waals surface area contributed by atoms with Crippen molar-refractivity contribution >= 4 is 11.6 Å². The van der Waals surface area contributed by atoms with Gasteiger partial charge in [0.25, 0.3) is 0 Å². The highest BCUT2D eigenvalue weighted by atomic mass is 35.5. The van der Waals surface area contributed by atoms with Gasteiger partial charge in [-0.25, -0.2) is 0 Å². The maximum Gasteiger partial charge on any atom is 0.121 e. The molecule has 0 aliphatic carbocycles. The van der Waals surface area contributed by atoms with Gasteiger partial charge in [-0.2, -0.15) is 0 Å². The van der Waals surface area contributed by atoms with Crippen molar-refractivity contribution in [1.82, 2.24) is 0 Å². The number of aliphatic hydroxyl groups excluding tert-OH is 1. The molecule has 3 heteroatoms. The molecular formula is C16H13ClO2. The monoisotopic (exact) mass is 272 g/mol. The van der Waals surface area contributed by atoms with Crippen LogP contribution in [-0.4, -0.2) is 11.7 Å². The summed E-state index contributed by atoms with van der Waals surface area (Å²) in [6.45, 7) is 0.264. The fraction of sp³-hybridized carbons (Fsp3) is 0.125. The van der Waals surface area contributed by atoms with Gasteiger partial charge in [0.05, 0.1) is 0 Å². The van der Waals surface area contributed by atoms with Gasteiger partial charge in [0.1, 0.15) is 19.0 Å². The molecule has 1 N–H and O–H groups in total. The van der Waals surface area contributed by atoms with E-state index in [0.717, 1.165) is 16.9 Å². The first kappa shape index (κ1) is 13.5. The minimum atomic E-state index is -0.149. The molecule has 0 spiro atoms. The molecule has 0 radical (unpaired) electrons. The minimum Gasteiger partial charge on any atom is -0.489 e. The van der Waals surface area contributed by atoms with Gasteiger partial charge in [0.2, 0.25) is 0 Å². The second-order valence-corrected chi connectivity index (χ2v) is 4.30. The molecule has 0 bridgehead atoms. The topological polar surface area (TPSA) is 29.5 Å². The Labute approximate surface area is 117 Å². The molecule has 0 atom stereocenters. The summed E-state index contributed by atoms with van der Waals surface area (Å²) >= 11 is 5.90. The zero-order valence-corrected chi connectivity index (χ0v) is 11.0. The van der Waals surface area contributed by atoms with E-state index in [-0.39, 0.29) is 6.61 Å². The van der Waals surface area contributed by atoms with Crippen molar-refractivity contribution in [2.24, 2.45) is 0 Å². The van der Waals surface area contributed by atoms with E-state index >= 15 is 0 Å². The second kappa shape index (κ2) is 6.84. The van der Waals surface area contributed by atoms with Crippen molar-refractivity contribution in [2.45, 2.75) is 6.61 Å². The molecule has 2 aromatic carbocycles. The van der Waals surface area contributed by atoms with Gasteiger partial charge in [0, 0.05) is 16.1 Å². The van der Waals surface area contributed by atoms with Crippen LogP contribution >= 0.6 is 11.6 Å². The van der Waals surface area contributed by atoms with Gasteiger partial charge >= 0.3 is 0 Å². The lowest BCUT2D eigenvalue weighted by molar-refractivity contribution is 0.306.